The van der Waals surface area contributed by atoms with Crippen molar-refractivity contribution < 1.29 is 4.79 Å². The number of nitrogens with one attached hydrogen (secondary N) is 1. The van der Waals surface area contributed by atoms with Gasteiger partial charge in [-0.3, -0.25) is 4.79 Å². The van der Waals surface area contributed by atoms with E-state index >= 15 is 0 Å². The second kappa shape index (κ2) is 4.57. The third kappa shape index (κ3) is 3.58. The summed E-state index contributed by atoms with van der Waals surface area (Å²) in [5.74, 6) is 0.279. The molecule has 0 aliphatic rings. The third-order valence-electron chi connectivity index (χ3n) is 1.38. The van der Waals surface area contributed by atoms with Gasteiger partial charge in [0.25, 0.3) is 0 Å². The fraction of sp³-hybridized carbons (Fsp3) is 0.857. The molecule has 66 valence electrons. The first-order valence-corrected chi connectivity index (χ1v) is 4.12. The summed E-state index contributed by atoms with van der Waals surface area (Å²) in [5, 5.41) is 2.68. The molecule has 3 nitrogen and oxygen atoms in total. The maximum Gasteiger partial charge on any atom is 0.226 e. The van der Waals surface area contributed by atoms with Crippen LogP contribution in [-0.2, 0) is 4.79 Å². The fourth-order valence-corrected chi connectivity index (χ4v) is 0.607. The highest BCUT2D eigenvalue weighted by Crippen LogP contribution is 2.16. The average molecular weight is 179 g/mol. The fourth-order valence-electron chi connectivity index (χ4n) is 0.486. The van der Waals surface area contributed by atoms with Crippen LogP contribution >= 0.6 is 11.6 Å². The Labute approximate surface area is 72.3 Å². The monoisotopic (exact) mass is 178 g/mol. The van der Waals surface area contributed by atoms with Crippen LogP contribution in [-0.4, -0.2) is 24.9 Å². The molecule has 0 saturated carbocycles. The number of hydrogen-bond donors (Lipinski definition) is 2. The molecule has 0 aromatic heterocycles. The molecule has 3 N–H and O–H groups in total. The number of carbonyl (C=O) groups excluding carboxylic acids is 1. The van der Waals surface area contributed by atoms with Crippen molar-refractivity contribution in [1.29, 1.82) is 0 Å². The standard InChI is InChI=1S/C7H15ClN2O/c1-7(2,5-8)6(11)10-4-3-9/h3-5,9H2,1-2H3,(H,10,11). The number of amides is 1. The highest BCUT2D eigenvalue weighted by atomic mass is 35.5. The van der Waals surface area contributed by atoms with Crippen LogP contribution in [0, 0.1) is 5.41 Å². The molecular formula is C7H15ClN2O. The Morgan fingerprint density at radius 3 is 2.55 bits per heavy atom. The van der Waals surface area contributed by atoms with Gasteiger partial charge in [0.15, 0.2) is 0 Å². The molecule has 0 atom stereocenters. The zero-order chi connectivity index (χ0) is 8.91. The van der Waals surface area contributed by atoms with Crippen LogP contribution in [0.2, 0.25) is 0 Å². The van der Waals surface area contributed by atoms with Crippen LogP contribution in [0.25, 0.3) is 0 Å². The number of halogens is 1. The summed E-state index contributed by atoms with van der Waals surface area (Å²) in [6.07, 6.45) is 0. The van der Waals surface area contributed by atoms with Crippen LogP contribution in [0.3, 0.4) is 0 Å². The van der Waals surface area contributed by atoms with E-state index in [2.05, 4.69) is 5.32 Å². The van der Waals surface area contributed by atoms with Crippen LogP contribution in [0.5, 0.6) is 0 Å². The molecule has 0 saturated heterocycles. The molecule has 11 heavy (non-hydrogen) atoms. The maximum atomic E-state index is 11.2. The maximum absolute atomic E-state index is 11.2. The molecule has 0 radical (unpaired) electrons. The van der Waals surface area contributed by atoms with E-state index < -0.39 is 5.41 Å². The van der Waals surface area contributed by atoms with E-state index in [4.69, 9.17) is 17.3 Å². The van der Waals surface area contributed by atoms with E-state index in [1.54, 1.807) is 13.8 Å². The van der Waals surface area contributed by atoms with Crippen molar-refractivity contribution in [3.63, 3.8) is 0 Å². The Bertz CT molecular complexity index is 136. The quantitative estimate of drug-likeness (QED) is 0.610. The molecule has 0 heterocycles. The normalized spacial score (nSPS) is 11.3. The van der Waals surface area contributed by atoms with Crippen molar-refractivity contribution in [3.8, 4) is 0 Å². The molecule has 1 amide bonds. The van der Waals surface area contributed by atoms with Crippen molar-refractivity contribution in [2.75, 3.05) is 19.0 Å². The van der Waals surface area contributed by atoms with Gasteiger partial charge in [-0.15, -0.1) is 11.6 Å². The van der Waals surface area contributed by atoms with Crippen LogP contribution in [0.15, 0.2) is 0 Å². The first-order valence-electron chi connectivity index (χ1n) is 3.59. The number of rotatable bonds is 4. The Kier molecular flexibility index (Phi) is 4.45. The predicted octanol–water partition coefficient (Wildman–Crippen LogP) is 0.326. The zero-order valence-corrected chi connectivity index (χ0v) is 7.74. The molecule has 0 unspecified atom stereocenters. The Morgan fingerprint density at radius 1 is 1.64 bits per heavy atom. The first-order chi connectivity index (χ1) is 5.04. The van der Waals surface area contributed by atoms with Gasteiger partial charge in [-0.2, -0.15) is 0 Å². The van der Waals surface area contributed by atoms with Gasteiger partial charge >= 0.3 is 0 Å². The number of nitrogens with two attached hydrogens (primary N) is 1. The summed E-state index contributed by atoms with van der Waals surface area (Å²) in [5.41, 5.74) is 4.72. The molecule has 0 bridgehead atoms. The minimum Gasteiger partial charge on any atom is -0.354 e. The lowest BCUT2D eigenvalue weighted by molar-refractivity contribution is -0.128. The number of hydrogen-bond acceptors (Lipinski definition) is 2. The zero-order valence-electron chi connectivity index (χ0n) is 6.98. The van der Waals surface area contributed by atoms with Crippen LogP contribution in [0.4, 0.5) is 0 Å². The summed E-state index contributed by atoms with van der Waals surface area (Å²) < 4.78 is 0. The highest BCUT2D eigenvalue weighted by molar-refractivity contribution is 6.19. The largest absolute Gasteiger partial charge is 0.354 e. The summed E-state index contributed by atoms with van der Waals surface area (Å²) in [6.45, 7) is 4.57. The van der Waals surface area contributed by atoms with E-state index in [1.165, 1.54) is 0 Å². The van der Waals surface area contributed by atoms with Crippen LogP contribution < -0.4 is 11.1 Å². The van der Waals surface area contributed by atoms with E-state index in [0.717, 1.165) is 0 Å². The SMILES string of the molecule is CC(C)(CCl)C(=O)NCCN. The molecule has 4 heteroatoms. The summed E-state index contributed by atoms with van der Waals surface area (Å²) in [7, 11) is 0. The molecule has 0 aromatic carbocycles. The van der Waals surface area contributed by atoms with Gasteiger partial charge in [-0.25, -0.2) is 0 Å². The predicted molar refractivity (Wildman–Crippen MR) is 46.6 cm³/mol. The summed E-state index contributed by atoms with van der Waals surface area (Å²) in [4.78, 5) is 11.2. The van der Waals surface area contributed by atoms with Gasteiger partial charge in [0, 0.05) is 19.0 Å². The highest BCUT2D eigenvalue weighted by Gasteiger charge is 2.25. The average Bonchev–Trinajstić information content (AvgIpc) is 2.00. The van der Waals surface area contributed by atoms with E-state index in [9.17, 15) is 4.79 Å². The second-order valence-electron chi connectivity index (χ2n) is 3.06. The number of carbonyl (C=O) groups is 1. The lowest BCUT2D eigenvalue weighted by Crippen LogP contribution is -2.40. The lowest BCUT2D eigenvalue weighted by Gasteiger charge is -2.19. The minimum atomic E-state index is -0.489. The van der Waals surface area contributed by atoms with Gasteiger partial charge in [-0.05, 0) is 13.8 Å². The van der Waals surface area contributed by atoms with Gasteiger partial charge in [0.05, 0.1) is 5.41 Å². The molecule has 0 spiro atoms. The molecule has 0 aliphatic carbocycles. The summed E-state index contributed by atoms with van der Waals surface area (Å²) >= 11 is 5.57. The smallest absolute Gasteiger partial charge is 0.226 e. The van der Waals surface area contributed by atoms with Crippen molar-refractivity contribution in [1.82, 2.24) is 5.32 Å². The Morgan fingerprint density at radius 2 is 2.18 bits per heavy atom. The van der Waals surface area contributed by atoms with E-state index in [-0.39, 0.29) is 5.91 Å². The molecule has 0 aliphatic heterocycles. The minimum absolute atomic E-state index is 0.0436. The Balaban J connectivity index is 3.82. The molecule has 0 fully saturated rings. The van der Waals surface area contributed by atoms with Crippen molar-refractivity contribution in [2.24, 2.45) is 11.1 Å². The topological polar surface area (TPSA) is 55.1 Å². The second-order valence-corrected chi connectivity index (χ2v) is 3.33. The third-order valence-corrected chi connectivity index (χ3v) is 2.05. The van der Waals surface area contributed by atoms with Gasteiger partial charge < -0.3 is 11.1 Å². The van der Waals surface area contributed by atoms with Gasteiger partial charge in [0.1, 0.15) is 0 Å². The van der Waals surface area contributed by atoms with E-state index in [1.807, 2.05) is 0 Å². The van der Waals surface area contributed by atoms with Crippen molar-refractivity contribution in [3.05, 3.63) is 0 Å². The summed E-state index contributed by atoms with van der Waals surface area (Å²) in [6, 6.07) is 0. The lowest BCUT2D eigenvalue weighted by atomic mass is 9.95. The van der Waals surface area contributed by atoms with Gasteiger partial charge in [-0.1, -0.05) is 0 Å². The number of alkyl halides is 1. The molecular weight excluding hydrogens is 164 g/mol. The first kappa shape index (κ1) is 10.7. The molecule has 0 rings (SSSR count). The van der Waals surface area contributed by atoms with Crippen LogP contribution in [0.1, 0.15) is 13.8 Å². The van der Waals surface area contributed by atoms with E-state index in [0.29, 0.717) is 19.0 Å². The molecule has 0 aromatic rings. The Hall–Kier alpha value is -0.280. The van der Waals surface area contributed by atoms with Crippen molar-refractivity contribution in [2.45, 2.75) is 13.8 Å². The van der Waals surface area contributed by atoms with Crippen molar-refractivity contribution >= 4 is 17.5 Å². The van der Waals surface area contributed by atoms with Gasteiger partial charge in [0.2, 0.25) is 5.91 Å².